The fourth-order valence-electron chi connectivity index (χ4n) is 1.58. The van der Waals surface area contributed by atoms with Crippen molar-refractivity contribution < 1.29 is 24.0 Å². The van der Waals surface area contributed by atoms with Gasteiger partial charge in [0.1, 0.15) is 5.82 Å². The van der Waals surface area contributed by atoms with Crippen LogP contribution < -0.4 is 0 Å². The third kappa shape index (κ3) is 3.50. The zero-order valence-corrected chi connectivity index (χ0v) is 10.9. The van der Waals surface area contributed by atoms with Crippen molar-refractivity contribution in [2.75, 3.05) is 13.6 Å². The largest absolute Gasteiger partial charge is 0.481 e. The highest BCUT2D eigenvalue weighted by Gasteiger charge is 2.22. The quantitative estimate of drug-likeness (QED) is 0.653. The van der Waals surface area contributed by atoms with Gasteiger partial charge in [-0.1, -0.05) is 0 Å². The van der Waals surface area contributed by atoms with Gasteiger partial charge in [0, 0.05) is 25.7 Å². The van der Waals surface area contributed by atoms with E-state index in [1.54, 1.807) is 0 Å². The minimum Gasteiger partial charge on any atom is -0.481 e. The van der Waals surface area contributed by atoms with Crippen molar-refractivity contribution in [3.63, 3.8) is 0 Å². The Kier molecular flexibility index (Phi) is 4.73. The summed E-state index contributed by atoms with van der Waals surface area (Å²) in [6.07, 6.45) is -0.294. The van der Waals surface area contributed by atoms with Crippen LogP contribution in [0.2, 0.25) is 0 Å². The zero-order valence-electron chi connectivity index (χ0n) is 10.9. The van der Waals surface area contributed by atoms with E-state index in [0.29, 0.717) is 0 Å². The monoisotopic (exact) mass is 284 g/mol. The van der Waals surface area contributed by atoms with E-state index < -0.39 is 28.2 Å². The van der Waals surface area contributed by atoms with Crippen molar-refractivity contribution >= 4 is 17.6 Å². The smallest absolute Gasteiger partial charge is 0.305 e. The first-order valence-electron chi connectivity index (χ1n) is 5.65. The lowest BCUT2D eigenvalue weighted by atomic mass is 10.1. The van der Waals surface area contributed by atoms with Gasteiger partial charge < -0.3 is 10.0 Å². The van der Waals surface area contributed by atoms with E-state index in [-0.39, 0.29) is 24.2 Å². The molecule has 1 amide bonds. The van der Waals surface area contributed by atoms with Crippen molar-refractivity contribution in [1.82, 2.24) is 4.90 Å². The van der Waals surface area contributed by atoms with E-state index in [1.165, 1.54) is 14.0 Å². The van der Waals surface area contributed by atoms with Gasteiger partial charge in [0.15, 0.2) is 0 Å². The molecule has 108 valence electrons. The maximum Gasteiger partial charge on any atom is 0.305 e. The van der Waals surface area contributed by atoms with Crippen LogP contribution in [0.3, 0.4) is 0 Å². The summed E-state index contributed by atoms with van der Waals surface area (Å²) < 4.78 is 13.9. The van der Waals surface area contributed by atoms with Gasteiger partial charge in [-0.2, -0.15) is 0 Å². The Hall–Kier alpha value is -2.51. The van der Waals surface area contributed by atoms with Gasteiger partial charge >= 0.3 is 5.97 Å². The first-order valence-corrected chi connectivity index (χ1v) is 5.65. The Morgan fingerprint density at radius 3 is 2.55 bits per heavy atom. The summed E-state index contributed by atoms with van der Waals surface area (Å²) in [4.78, 5) is 33.4. The number of amides is 1. The van der Waals surface area contributed by atoms with E-state index in [4.69, 9.17) is 5.11 Å². The highest BCUT2D eigenvalue weighted by atomic mass is 19.1. The van der Waals surface area contributed by atoms with Crippen LogP contribution in [0.5, 0.6) is 0 Å². The van der Waals surface area contributed by atoms with Gasteiger partial charge in [-0.3, -0.25) is 19.7 Å². The maximum absolute atomic E-state index is 13.9. The minimum absolute atomic E-state index is 0.0193. The number of carboxylic acids is 1. The molecule has 0 aliphatic carbocycles. The lowest BCUT2D eigenvalue weighted by Crippen LogP contribution is -2.30. The number of carbonyl (C=O) groups is 2. The van der Waals surface area contributed by atoms with Crippen LogP contribution >= 0.6 is 0 Å². The Morgan fingerprint density at radius 1 is 1.45 bits per heavy atom. The molecule has 20 heavy (non-hydrogen) atoms. The summed E-state index contributed by atoms with van der Waals surface area (Å²) in [6, 6.07) is 1.88. The number of aryl methyl sites for hydroxylation is 1. The molecule has 1 N–H and O–H groups in total. The van der Waals surface area contributed by atoms with Crippen LogP contribution in [0.15, 0.2) is 12.1 Å². The first kappa shape index (κ1) is 15.5. The fraction of sp³-hybridized carbons (Fsp3) is 0.333. The summed E-state index contributed by atoms with van der Waals surface area (Å²) >= 11 is 0. The number of carboxylic acid groups (broad SMARTS) is 1. The third-order valence-electron chi connectivity index (χ3n) is 2.69. The molecule has 0 aromatic heterocycles. The number of aliphatic carboxylic acids is 1. The Bertz CT molecular complexity index is 573. The van der Waals surface area contributed by atoms with Gasteiger partial charge in [0.2, 0.25) is 0 Å². The van der Waals surface area contributed by atoms with Gasteiger partial charge in [0.05, 0.1) is 16.9 Å². The number of nitro benzene ring substituents is 1. The van der Waals surface area contributed by atoms with Gasteiger partial charge in [-0.05, 0) is 12.5 Å². The lowest BCUT2D eigenvalue weighted by Gasteiger charge is -2.16. The average Bonchev–Trinajstić information content (AvgIpc) is 2.37. The molecule has 0 unspecified atom stereocenters. The number of halogens is 1. The van der Waals surface area contributed by atoms with Crippen LogP contribution in [0.4, 0.5) is 10.1 Å². The van der Waals surface area contributed by atoms with Crippen molar-refractivity contribution in [3.8, 4) is 0 Å². The molecule has 7 nitrogen and oxygen atoms in total. The second-order valence-electron chi connectivity index (χ2n) is 4.25. The molecular formula is C12H13FN2O5. The van der Waals surface area contributed by atoms with Crippen molar-refractivity contribution in [2.45, 2.75) is 13.3 Å². The molecule has 0 spiro atoms. The molecular weight excluding hydrogens is 271 g/mol. The van der Waals surface area contributed by atoms with Gasteiger partial charge in [-0.15, -0.1) is 0 Å². The predicted molar refractivity (Wildman–Crippen MR) is 67.0 cm³/mol. The van der Waals surface area contributed by atoms with Gasteiger partial charge in [0.25, 0.3) is 11.6 Å². The number of hydrogen-bond acceptors (Lipinski definition) is 4. The molecule has 0 saturated heterocycles. The van der Waals surface area contributed by atoms with E-state index in [2.05, 4.69) is 0 Å². The molecule has 0 bridgehead atoms. The zero-order chi connectivity index (χ0) is 15.4. The topological polar surface area (TPSA) is 101 Å². The highest BCUT2D eigenvalue weighted by Crippen LogP contribution is 2.22. The van der Waals surface area contributed by atoms with Crippen LogP contribution in [-0.4, -0.2) is 40.4 Å². The van der Waals surface area contributed by atoms with E-state index in [0.717, 1.165) is 17.0 Å². The fourth-order valence-corrected chi connectivity index (χ4v) is 1.58. The van der Waals surface area contributed by atoms with Crippen LogP contribution in [-0.2, 0) is 4.79 Å². The van der Waals surface area contributed by atoms with E-state index >= 15 is 0 Å². The standard InChI is InChI=1S/C12H13FN2O5/c1-7-5-8(15(19)20)6-9(11(7)13)12(18)14(2)4-3-10(16)17/h5-6H,3-4H2,1-2H3,(H,16,17). The third-order valence-corrected chi connectivity index (χ3v) is 2.69. The number of non-ortho nitro benzene ring substituents is 1. The second-order valence-corrected chi connectivity index (χ2v) is 4.25. The summed E-state index contributed by atoms with van der Waals surface area (Å²) in [5.74, 6) is -2.74. The molecule has 1 rings (SSSR count). The second kappa shape index (κ2) is 6.09. The Balaban J connectivity index is 3.08. The van der Waals surface area contributed by atoms with Crippen molar-refractivity contribution in [3.05, 3.63) is 39.2 Å². The SMILES string of the molecule is Cc1cc([N+](=O)[O-])cc(C(=O)N(C)CCC(=O)O)c1F. The maximum atomic E-state index is 13.9. The molecule has 1 aromatic carbocycles. The van der Waals surface area contributed by atoms with E-state index in [1.807, 2.05) is 0 Å². The molecule has 0 heterocycles. The first-order chi connectivity index (χ1) is 9.23. The molecule has 0 atom stereocenters. The molecule has 0 aliphatic rings. The average molecular weight is 284 g/mol. The van der Waals surface area contributed by atoms with Crippen molar-refractivity contribution in [1.29, 1.82) is 0 Å². The van der Waals surface area contributed by atoms with Crippen LogP contribution in [0, 0.1) is 22.9 Å². The highest BCUT2D eigenvalue weighted by molar-refractivity contribution is 5.95. The van der Waals surface area contributed by atoms with E-state index in [9.17, 15) is 24.1 Å². The Morgan fingerprint density at radius 2 is 2.05 bits per heavy atom. The summed E-state index contributed by atoms with van der Waals surface area (Å²) in [6.45, 7) is 1.20. The predicted octanol–water partition coefficient (Wildman–Crippen LogP) is 1.59. The molecule has 0 radical (unpaired) electrons. The molecule has 0 aliphatic heterocycles. The lowest BCUT2D eigenvalue weighted by molar-refractivity contribution is -0.385. The molecule has 8 heteroatoms. The number of carbonyl (C=O) groups excluding carboxylic acids is 1. The Labute approximate surface area is 113 Å². The van der Waals surface area contributed by atoms with Crippen LogP contribution in [0.1, 0.15) is 22.3 Å². The molecule has 0 saturated carbocycles. The summed E-state index contributed by atoms with van der Waals surface area (Å²) in [5.41, 5.74) is -0.849. The normalized spacial score (nSPS) is 10.2. The van der Waals surface area contributed by atoms with Crippen LogP contribution in [0.25, 0.3) is 0 Å². The van der Waals surface area contributed by atoms with Gasteiger partial charge in [-0.25, -0.2) is 4.39 Å². The number of benzene rings is 1. The summed E-state index contributed by atoms with van der Waals surface area (Å²) in [7, 11) is 1.30. The number of rotatable bonds is 5. The number of nitrogens with zero attached hydrogens (tertiary/aromatic N) is 2. The number of hydrogen-bond donors (Lipinski definition) is 1. The summed E-state index contributed by atoms with van der Waals surface area (Å²) in [5, 5.41) is 19.2. The van der Waals surface area contributed by atoms with Crippen molar-refractivity contribution in [2.24, 2.45) is 0 Å². The molecule has 0 fully saturated rings. The molecule has 1 aromatic rings. The number of nitro groups is 1. The minimum atomic E-state index is -1.10.